The summed E-state index contributed by atoms with van der Waals surface area (Å²) in [5.41, 5.74) is 0.743. The number of aromatic nitrogens is 3. The number of fused-ring (bicyclic) bond motifs is 2. The van der Waals surface area contributed by atoms with Gasteiger partial charge in [0.25, 0.3) is 17.2 Å². The molecule has 1 amide bonds. The summed E-state index contributed by atoms with van der Waals surface area (Å²) in [6.07, 6.45) is 6.53. The standard InChI is InChI=1S/C29H31N5O7/c1-5-7-12-23(34(38)39)19(4)15-24(35)30-27-22(29(37)40-6-2)16-21-26(33(27)17-20-11-9-14-41-20)31-25-18(3)10-8-13-32(25)28(21)36/h5,7-8,10,12-13,16,20H,1,6,9,11,14-15,17H2,2-4H3/b12-7-,23-19+,30-27?. The number of esters is 1. The van der Waals surface area contributed by atoms with Crippen molar-refractivity contribution in [1.29, 1.82) is 0 Å². The fraction of sp³-hybridized carbons (Fsp3) is 0.345. The van der Waals surface area contributed by atoms with E-state index in [0.29, 0.717) is 12.3 Å². The maximum Gasteiger partial charge on any atom is 0.341 e. The summed E-state index contributed by atoms with van der Waals surface area (Å²) in [4.78, 5) is 60.0. The van der Waals surface area contributed by atoms with Crippen LogP contribution in [-0.2, 0) is 20.8 Å². The predicted molar refractivity (Wildman–Crippen MR) is 151 cm³/mol. The topological polar surface area (TPSA) is 147 Å². The van der Waals surface area contributed by atoms with Crippen molar-refractivity contribution in [2.45, 2.75) is 52.7 Å². The van der Waals surface area contributed by atoms with Gasteiger partial charge in [-0.3, -0.25) is 24.1 Å². The van der Waals surface area contributed by atoms with Crippen LogP contribution >= 0.6 is 0 Å². The van der Waals surface area contributed by atoms with Crippen LogP contribution in [0.15, 0.2) is 70.3 Å². The van der Waals surface area contributed by atoms with E-state index in [2.05, 4.69) is 11.6 Å². The van der Waals surface area contributed by atoms with Crippen LogP contribution in [0.4, 0.5) is 0 Å². The molecule has 0 spiro atoms. The average molecular weight is 562 g/mol. The van der Waals surface area contributed by atoms with Gasteiger partial charge in [0.15, 0.2) is 5.49 Å². The van der Waals surface area contributed by atoms with Gasteiger partial charge in [0, 0.05) is 24.5 Å². The molecule has 214 valence electrons. The lowest BCUT2D eigenvalue weighted by Crippen LogP contribution is -2.35. The monoisotopic (exact) mass is 561 g/mol. The summed E-state index contributed by atoms with van der Waals surface area (Å²) in [5.74, 6) is -1.50. The Hall–Kier alpha value is -4.71. The van der Waals surface area contributed by atoms with Crippen molar-refractivity contribution in [3.8, 4) is 0 Å². The first-order valence-electron chi connectivity index (χ1n) is 13.2. The van der Waals surface area contributed by atoms with Crippen molar-refractivity contribution in [1.82, 2.24) is 14.0 Å². The van der Waals surface area contributed by atoms with Gasteiger partial charge in [0.1, 0.15) is 16.9 Å². The molecular weight excluding hydrogens is 530 g/mol. The molecule has 4 rings (SSSR count). The van der Waals surface area contributed by atoms with E-state index in [9.17, 15) is 24.5 Å². The van der Waals surface area contributed by atoms with E-state index in [4.69, 9.17) is 14.5 Å². The second kappa shape index (κ2) is 12.6. The van der Waals surface area contributed by atoms with Crippen LogP contribution in [-0.4, -0.2) is 50.1 Å². The number of rotatable bonds is 9. The fourth-order valence-corrected chi connectivity index (χ4v) is 4.72. The lowest BCUT2D eigenvalue weighted by molar-refractivity contribution is -0.420. The molecule has 1 unspecified atom stereocenters. The third-order valence-corrected chi connectivity index (χ3v) is 6.68. The Morgan fingerprint density at radius 1 is 1.37 bits per heavy atom. The molecule has 4 heterocycles. The van der Waals surface area contributed by atoms with Gasteiger partial charge < -0.3 is 14.0 Å². The van der Waals surface area contributed by atoms with Gasteiger partial charge in [-0.15, -0.1) is 0 Å². The van der Waals surface area contributed by atoms with Crippen LogP contribution < -0.4 is 11.0 Å². The maximum absolute atomic E-state index is 13.6. The molecule has 0 N–H and O–H groups in total. The zero-order valence-corrected chi connectivity index (χ0v) is 23.2. The summed E-state index contributed by atoms with van der Waals surface area (Å²) >= 11 is 0. The highest BCUT2D eigenvalue weighted by molar-refractivity contribution is 5.94. The van der Waals surface area contributed by atoms with Gasteiger partial charge in [-0.25, -0.2) is 9.78 Å². The zero-order chi connectivity index (χ0) is 29.7. The van der Waals surface area contributed by atoms with Crippen molar-refractivity contribution in [3.63, 3.8) is 0 Å². The smallest absolute Gasteiger partial charge is 0.341 e. The van der Waals surface area contributed by atoms with Crippen LogP contribution in [0.3, 0.4) is 0 Å². The van der Waals surface area contributed by atoms with Crippen molar-refractivity contribution in [2.24, 2.45) is 4.99 Å². The van der Waals surface area contributed by atoms with E-state index in [1.165, 1.54) is 35.6 Å². The number of aryl methyl sites for hydroxylation is 1. The van der Waals surface area contributed by atoms with Crippen molar-refractivity contribution < 1.29 is 24.0 Å². The zero-order valence-electron chi connectivity index (χ0n) is 23.2. The van der Waals surface area contributed by atoms with E-state index in [0.717, 1.165) is 18.4 Å². The number of allylic oxidation sites excluding steroid dienone is 3. The first kappa shape index (κ1) is 29.3. The highest BCUT2D eigenvalue weighted by Gasteiger charge is 2.24. The minimum atomic E-state index is -0.775. The summed E-state index contributed by atoms with van der Waals surface area (Å²) in [5, 5.41) is 11.7. The molecule has 0 saturated carbocycles. The Balaban J connectivity index is 2.03. The van der Waals surface area contributed by atoms with Gasteiger partial charge >= 0.3 is 5.97 Å². The minimum absolute atomic E-state index is 0.0494. The fourth-order valence-electron chi connectivity index (χ4n) is 4.72. The molecule has 12 heteroatoms. The van der Waals surface area contributed by atoms with Crippen LogP contribution in [0.25, 0.3) is 16.7 Å². The molecule has 1 atom stereocenters. The SMILES string of the molecule is C=C/C=C\C(=C(\C)CC(=O)N=c1c(C(=O)OCC)cc2c(=O)n3cccc(C)c3nc2n1CC1CCCO1)[N+](=O)[O-]. The van der Waals surface area contributed by atoms with Gasteiger partial charge in [0.2, 0.25) is 0 Å². The lowest BCUT2D eigenvalue weighted by Gasteiger charge is -2.18. The van der Waals surface area contributed by atoms with Crippen LogP contribution in [0.5, 0.6) is 0 Å². The summed E-state index contributed by atoms with van der Waals surface area (Å²) < 4.78 is 14.1. The number of nitro groups is 1. The van der Waals surface area contributed by atoms with E-state index in [1.54, 1.807) is 23.8 Å². The number of carbonyl (C=O) groups excluding carboxylic acids is 2. The van der Waals surface area contributed by atoms with Gasteiger partial charge in [-0.2, -0.15) is 4.99 Å². The highest BCUT2D eigenvalue weighted by atomic mass is 16.6. The summed E-state index contributed by atoms with van der Waals surface area (Å²) in [6.45, 7) is 9.20. The maximum atomic E-state index is 13.6. The Morgan fingerprint density at radius 2 is 2.15 bits per heavy atom. The second-order valence-corrected chi connectivity index (χ2v) is 9.59. The molecule has 1 aliphatic heterocycles. The molecule has 41 heavy (non-hydrogen) atoms. The Labute approximate surface area is 235 Å². The predicted octanol–water partition coefficient (Wildman–Crippen LogP) is 3.42. The number of hydrogen-bond donors (Lipinski definition) is 0. The van der Waals surface area contributed by atoms with Gasteiger partial charge in [-0.05, 0) is 51.3 Å². The molecule has 12 nitrogen and oxygen atoms in total. The molecule has 0 bridgehead atoms. The minimum Gasteiger partial charge on any atom is -0.462 e. The summed E-state index contributed by atoms with van der Waals surface area (Å²) in [6, 6.07) is 4.89. The molecule has 0 aromatic carbocycles. The van der Waals surface area contributed by atoms with Gasteiger partial charge in [0.05, 0.1) is 36.0 Å². The van der Waals surface area contributed by atoms with E-state index >= 15 is 0 Å². The number of nitrogens with zero attached hydrogens (tertiary/aromatic N) is 5. The van der Waals surface area contributed by atoms with Crippen LogP contribution in [0, 0.1) is 17.0 Å². The molecular formula is C29H31N5O7. The third kappa shape index (κ3) is 6.22. The van der Waals surface area contributed by atoms with Crippen molar-refractivity contribution in [2.75, 3.05) is 13.2 Å². The van der Waals surface area contributed by atoms with Gasteiger partial charge in [-0.1, -0.05) is 24.8 Å². The van der Waals surface area contributed by atoms with Crippen LogP contribution in [0.2, 0.25) is 0 Å². The molecule has 1 aliphatic rings. The molecule has 0 radical (unpaired) electrons. The first-order chi connectivity index (χ1) is 19.7. The third-order valence-electron chi connectivity index (χ3n) is 6.68. The number of pyridine rings is 2. The summed E-state index contributed by atoms with van der Waals surface area (Å²) in [7, 11) is 0. The lowest BCUT2D eigenvalue weighted by atomic mass is 10.1. The molecule has 1 saturated heterocycles. The molecule has 3 aromatic rings. The van der Waals surface area contributed by atoms with Crippen molar-refractivity contribution in [3.05, 3.63) is 97.6 Å². The van der Waals surface area contributed by atoms with E-state index < -0.39 is 22.4 Å². The van der Waals surface area contributed by atoms with Crippen molar-refractivity contribution >= 4 is 28.6 Å². The molecule has 3 aromatic heterocycles. The first-order valence-corrected chi connectivity index (χ1v) is 13.2. The second-order valence-electron chi connectivity index (χ2n) is 9.59. The largest absolute Gasteiger partial charge is 0.462 e. The Bertz CT molecular complexity index is 1740. The molecule has 0 aliphatic carbocycles. The normalized spacial score (nSPS) is 16.4. The number of ether oxygens (including phenoxy) is 2. The quantitative estimate of drug-likeness (QED) is 0.127. The highest BCUT2D eigenvalue weighted by Crippen LogP contribution is 2.18. The number of hydrogen-bond acceptors (Lipinski definition) is 8. The van der Waals surface area contributed by atoms with E-state index in [-0.39, 0.29) is 59.0 Å². The van der Waals surface area contributed by atoms with Crippen LogP contribution in [0.1, 0.15) is 49.0 Å². The average Bonchev–Trinajstić information content (AvgIpc) is 3.44. The number of amides is 1. The number of carbonyl (C=O) groups is 2. The van der Waals surface area contributed by atoms with E-state index in [1.807, 2.05) is 13.0 Å². The molecule has 1 fully saturated rings. The Morgan fingerprint density at radius 3 is 2.80 bits per heavy atom. The Kier molecular flexibility index (Phi) is 9.03.